The van der Waals surface area contributed by atoms with Gasteiger partial charge in [-0.15, -0.1) is 0 Å². The average molecular weight is 325 g/mol. The Kier molecular flexibility index (Phi) is 5.35. The summed E-state index contributed by atoms with van der Waals surface area (Å²) in [6.45, 7) is 8.49. The summed E-state index contributed by atoms with van der Waals surface area (Å²) in [6, 6.07) is 6.60. The Morgan fingerprint density at radius 2 is 2.00 bits per heavy atom. The van der Waals surface area contributed by atoms with Gasteiger partial charge < -0.3 is 15.4 Å². The van der Waals surface area contributed by atoms with Gasteiger partial charge in [-0.2, -0.15) is 0 Å². The molecule has 0 aliphatic heterocycles. The molecular formula is C17H25ClN2O2. The maximum atomic E-state index is 11.7. The molecule has 0 aromatic heterocycles. The van der Waals surface area contributed by atoms with Crippen LogP contribution in [0.4, 0.5) is 4.79 Å². The number of amides is 1. The van der Waals surface area contributed by atoms with Crippen LogP contribution >= 0.6 is 11.6 Å². The van der Waals surface area contributed by atoms with Crippen LogP contribution in [0, 0.1) is 6.92 Å². The van der Waals surface area contributed by atoms with Crippen molar-refractivity contribution in [1.82, 2.24) is 10.6 Å². The molecule has 0 radical (unpaired) electrons. The summed E-state index contributed by atoms with van der Waals surface area (Å²) in [6.07, 6.45) is 1.54. The topological polar surface area (TPSA) is 50.4 Å². The Morgan fingerprint density at radius 3 is 2.59 bits per heavy atom. The Morgan fingerprint density at radius 1 is 1.32 bits per heavy atom. The molecule has 1 aromatic carbocycles. The Hall–Kier alpha value is -1.26. The second kappa shape index (κ2) is 6.88. The highest BCUT2D eigenvalue weighted by Crippen LogP contribution is 2.22. The molecule has 1 fully saturated rings. The third-order valence-electron chi connectivity index (χ3n) is 3.74. The first-order chi connectivity index (χ1) is 10.2. The number of hydrogen-bond donors (Lipinski definition) is 2. The van der Waals surface area contributed by atoms with Crippen LogP contribution in [0.3, 0.4) is 0 Å². The number of rotatable bonds is 4. The van der Waals surface area contributed by atoms with E-state index in [1.165, 1.54) is 11.1 Å². The van der Waals surface area contributed by atoms with Crippen LogP contribution in [0.25, 0.3) is 0 Å². The summed E-state index contributed by atoms with van der Waals surface area (Å²) >= 11 is 5.96. The summed E-state index contributed by atoms with van der Waals surface area (Å²) in [5.74, 6) is 0. The smallest absolute Gasteiger partial charge is 0.407 e. The average Bonchev–Trinajstić information content (AvgIpc) is 2.31. The zero-order valence-electron chi connectivity index (χ0n) is 13.7. The first-order valence-corrected chi connectivity index (χ1v) is 8.08. The number of ether oxygens (including phenoxy) is 1. The van der Waals surface area contributed by atoms with E-state index in [0.29, 0.717) is 6.04 Å². The molecule has 2 rings (SSSR count). The maximum absolute atomic E-state index is 11.7. The van der Waals surface area contributed by atoms with Crippen molar-refractivity contribution in [3.63, 3.8) is 0 Å². The lowest BCUT2D eigenvalue weighted by Gasteiger charge is -2.37. The predicted molar refractivity (Wildman–Crippen MR) is 89.2 cm³/mol. The fourth-order valence-corrected chi connectivity index (χ4v) is 2.72. The maximum Gasteiger partial charge on any atom is 0.407 e. The number of alkyl carbamates (subject to hydrolysis) is 1. The molecule has 0 heterocycles. The molecular weight excluding hydrogens is 300 g/mol. The predicted octanol–water partition coefficient (Wildman–Crippen LogP) is 3.79. The number of hydrogen-bond acceptors (Lipinski definition) is 3. The minimum Gasteiger partial charge on any atom is -0.444 e. The van der Waals surface area contributed by atoms with Crippen molar-refractivity contribution in [2.45, 2.75) is 64.8 Å². The third kappa shape index (κ3) is 5.18. The molecule has 1 aromatic rings. The fraction of sp³-hybridized carbons (Fsp3) is 0.588. The summed E-state index contributed by atoms with van der Waals surface area (Å²) in [5, 5.41) is 7.18. The van der Waals surface area contributed by atoms with Gasteiger partial charge in [-0.25, -0.2) is 4.79 Å². The Bertz CT molecular complexity index is 534. The van der Waals surface area contributed by atoms with Crippen molar-refractivity contribution >= 4 is 17.7 Å². The number of halogens is 1. The zero-order valence-corrected chi connectivity index (χ0v) is 14.5. The minimum atomic E-state index is -0.447. The third-order valence-corrected chi connectivity index (χ3v) is 3.98. The second-order valence-corrected chi connectivity index (χ2v) is 7.40. The summed E-state index contributed by atoms with van der Waals surface area (Å²) in [4.78, 5) is 11.7. The van der Waals surface area contributed by atoms with Crippen molar-refractivity contribution in [1.29, 1.82) is 0 Å². The molecule has 22 heavy (non-hydrogen) atoms. The molecule has 0 saturated heterocycles. The lowest BCUT2D eigenvalue weighted by Crippen LogP contribution is -2.53. The first kappa shape index (κ1) is 17.1. The van der Waals surface area contributed by atoms with Gasteiger partial charge >= 0.3 is 6.09 Å². The van der Waals surface area contributed by atoms with Crippen molar-refractivity contribution in [3.05, 3.63) is 34.3 Å². The number of benzene rings is 1. The molecule has 0 bridgehead atoms. The highest BCUT2D eigenvalue weighted by atomic mass is 35.5. The molecule has 1 saturated carbocycles. The van der Waals surface area contributed by atoms with Crippen LogP contribution in [0.2, 0.25) is 5.02 Å². The lowest BCUT2D eigenvalue weighted by atomic mass is 9.86. The van der Waals surface area contributed by atoms with Gasteiger partial charge in [0.1, 0.15) is 5.60 Å². The molecule has 1 aliphatic carbocycles. The van der Waals surface area contributed by atoms with Crippen molar-refractivity contribution in [2.24, 2.45) is 0 Å². The summed E-state index contributed by atoms with van der Waals surface area (Å²) < 4.78 is 5.25. The van der Waals surface area contributed by atoms with Gasteiger partial charge in [0.15, 0.2) is 0 Å². The largest absolute Gasteiger partial charge is 0.444 e. The van der Waals surface area contributed by atoms with E-state index in [9.17, 15) is 4.79 Å². The monoisotopic (exact) mass is 324 g/mol. The van der Waals surface area contributed by atoms with Crippen molar-refractivity contribution in [3.8, 4) is 0 Å². The molecule has 122 valence electrons. The van der Waals surface area contributed by atoms with E-state index in [2.05, 4.69) is 23.6 Å². The van der Waals surface area contributed by atoms with E-state index >= 15 is 0 Å². The fourth-order valence-electron chi connectivity index (χ4n) is 2.49. The van der Waals surface area contributed by atoms with Gasteiger partial charge in [0, 0.05) is 23.7 Å². The lowest BCUT2D eigenvalue weighted by molar-refractivity contribution is 0.0465. The SMILES string of the molecule is Cc1cc(Cl)ccc1CNC1CC(NC(=O)OC(C)(C)C)C1. The van der Waals surface area contributed by atoms with E-state index in [-0.39, 0.29) is 12.1 Å². The van der Waals surface area contributed by atoms with Crippen LogP contribution in [0.15, 0.2) is 18.2 Å². The molecule has 1 aliphatic rings. The van der Waals surface area contributed by atoms with Gasteiger partial charge in [0.2, 0.25) is 0 Å². The van der Waals surface area contributed by atoms with E-state index in [1.54, 1.807) is 0 Å². The normalized spacial score (nSPS) is 21.1. The molecule has 1 amide bonds. The quantitative estimate of drug-likeness (QED) is 0.885. The minimum absolute atomic E-state index is 0.207. The van der Waals surface area contributed by atoms with E-state index in [1.807, 2.05) is 32.9 Å². The van der Waals surface area contributed by atoms with Crippen LogP contribution in [-0.4, -0.2) is 23.8 Å². The number of nitrogens with one attached hydrogen (secondary N) is 2. The van der Waals surface area contributed by atoms with E-state index < -0.39 is 5.60 Å². The Balaban J connectivity index is 1.68. The molecule has 2 N–H and O–H groups in total. The van der Waals surface area contributed by atoms with Gasteiger partial charge in [0.05, 0.1) is 0 Å². The van der Waals surface area contributed by atoms with E-state index in [4.69, 9.17) is 16.3 Å². The number of carbonyl (C=O) groups excluding carboxylic acids is 1. The zero-order chi connectivity index (χ0) is 16.3. The van der Waals surface area contributed by atoms with E-state index in [0.717, 1.165) is 24.4 Å². The summed E-state index contributed by atoms with van der Waals surface area (Å²) in [5.41, 5.74) is 2.01. The molecule has 0 spiro atoms. The van der Waals surface area contributed by atoms with Crippen LogP contribution in [-0.2, 0) is 11.3 Å². The van der Waals surface area contributed by atoms with Crippen molar-refractivity contribution in [2.75, 3.05) is 0 Å². The highest BCUT2D eigenvalue weighted by molar-refractivity contribution is 6.30. The molecule has 0 atom stereocenters. The standard InChI is InChI=1S/C17H25ClN2O2/c1-11-7-13(18)6-5-12(11)10-19-14-8-15(9-14)20-16(21)22-17(2,3)4/h5-7,14-15,19H,8-10H2,1-4H3,(H,20,21). The molecule has 4 nitrogen and oxygen atoms in total. The van der Waals surface area contributed by atoms with Gasteiger partial charge in [0.25, 0.3) is 0 Å². The molecule has 0 unspecified atom stereocenters. The Labute approximate surface area is 137 Å². The first-order valence-electron chi connectivity index (χ1n) is 7.71. The van der Waals surface area contributed by atoms with Crippen LogP contribution in [0.1, 0.15) is 44.7 Å². The second-order valence-electron chi connectivity index (χ2n) is 6.96. The van der Waals surface area contributed by atoms with Crippen LogP contribution < -0.4 is 10.6 Å². The van der Waals surface area contributed by atoms with Gasteiger partial charge in [-0.3, -0.25) is 0 Å². The van der Waals surface area contributed by atoms with Crippen LogP contribution in [0.5, 0.6) is 0 Å². The molecule has 5 heteroatoms. The highest BCUT2D eigenvalue weighted by Gasteiger charge is 2.31. The van der Waals surface area contributed by atoms with Crippen molar-refractivity contribution < 1.29 is 9.53 Å². The number of carbonyl (C=O) groups is 1. The summed E-state index contributed by atoms with van der Waals surface area (Å²) in [7, 11) is 0. The van der Waals surface area contributed by atoms with Gasteiger partial charge in [-0.05, 0) is 63.8 Å². The van der Waals surface area contributed by atoms with Gasteiger partial charge in [-0.1, -0.05) is 17.7 Å². The number of aryl methyl sites for hydroxylation is 1.